The van der Waals surface area contributed by atoms with Gasteiger partial charge in [-0.2, -0.15) is 0 Å². The van der Waals surface area contributed by atoms with E-state index in [2.05, 4.69) is 20.9 Å². The highest BCUT2D eigenvalue weighted by molar-refractivity contribution is 9.10. The number of nitro benzene ring substituents is 1. The Labute approximate surface area is 247 Å². The van der Waals surface area contributed by atoms with Crippen LogP contribution in [0.3, 0.4) is 0 Å². The SMILES string of the molecule is CCOC(=O)C1=C(C)N=c2s/c(=C\c3cccc(OCc4ccc([N+](=O)[O-])cc4)c3)c(=O)n2[C@H]1c1ccc(Br)cc1. The summed E-state index contributed by atoms with van der Waals surface area (Å²) in [5.41, 5.74) is 2.88. The van der Waals surface area contributed by atoms with E-state index in [9.17, 15) is 19.7 Å². The fourth-order valence-electron chi connectivity index (χ4n) is 4.48. The van der Waals surface area contributed by atoms with Crippen LogP contribution >= 0.6 is 27.3 Å². The maximum atomic E-state index is 13.8. The molecule has 0 saturated heterocycles. The van der Waals surface area contributed by atoms with E-state index >= 15 is 0 Å². The van der Waals surface area contributed by atoms with E-state index in [4.69, 9.17) is 9.47 Å². The third-order valence-corrected chi connectivity index (χ3v) is 7.92. The fourth-order valence-corrected chi connectivity index (χ4v) is 5.79. The number of halogens is 1. The molecule has 1 aliphatic heterocycles. The Hall–Kier alpha value is -4.35. The van der Waals surface area contributed by atoms with E-state index in [0.717, 1.165) is 21.2 Å². The van der Waals surface area contributed by atoms with Crippen LogP contribution in [0.2, 0.25) is 0 Å². The number of carbonyl (C=O) groups is 1. The summed E-state index contributed by atoms with van der Waals surface area (Å²) in [4.78, 5) is 42.3. The van der Waals surface area contributed by atoms with Gasteiger partial charge in [-0.1, -0.05) is 51.5 Å². The molecule has 3 aromatic carbocycles. The van der Waals surface area contributed by atoms with Crippen molar-refractivity contribution >= 4 is 45.0 Å². The van der Waals surface area contributed by atoms with Crippen molar-refractivity contribution in [2.24, 2.45) is 4.99 Å². The Bertz CT molecular complexity index is 1840. The van der Waals surface area contributed by atoms with Gasteiger partial charge < -0.3 is 9.47 Å². The average molecular weight is 635 g/mol. The van der Waals surface area contributed by atoms with Crippen molar-refractivity contribution < 1.29 is 19.2 Å². The van der Waals surface area contributed by atoms with Crippen molar-refractivity contribution in [1.29, 1.82) is 0 Å². The Kier molecular flexibility index (Phi) is 8.27. The van der Waals surface area contributed by atoms with Gasteiger partial charge in [0, 0.05) is 16.6 Å². The first kappa shape index (κ1) is 28.2. The van der Waals surface area contributed by atoms with Crippen molar-refractivity contribution in [3.8, 4) is 5.75 Å². The van der Waals surface area contributed by atoms with E-state index in [1.54, 1.807) is 42.7 Å². The smallest absolute Gasteiger partial charge is 0.338 e. The minimum Gasteiger partial charge on any atom is -0.489 e. The molecule has 1 atom stereocenters. The van der Waals surface area contributed by atoms with Crippen molar-refractivity contribution in [2.45, 2.75) is 26.5 Å². The molecule has 0 bridgehead atoms. The highest BCUT2D eigenvalue weighted by atomic mass is 79.9. The van der Waals surface area contributed by atoms with Gasteiger partial charge in [0.15, 0.2) is 4.80 Å². The summed E-state index contributed by atoms with van der Waals surface area (Å²) in [6, 6.07) is 20.3. The molecule has 41 heavy (non-hydrogen) atoms. The van der Waals surface area contributed by atoms with Crippen molar-refractivity contribution in [1.82, 2.24) is 4.57 Å². The molecule has 0 radical (unpaired) electrons. The van der Waals surface area contributed by atoms with E-state index in [0.29, 0.717) is 26.4 Å². The standard InChI is InChI=1S/C30H24BrN3O6S/c1-3-39-29(36)26-18(2)32-30-33(27(26)21-9-11-22(31)12-10-21)28(35)25(41-30)16-20-5-4-6-24(15-20)40-17-19-7-13-23(14-8-19)34(37)38/h4-16,27H,3,17H2,1-2H3/b25-16-/t27-/m0/s1. The van der Waals surface area contributed by atoms with Crippen LogP contribution in [-0.2, 0) is 16.1 Å². The second-order valence-corrected chi connectivity index (χ2v) is 11.1. The van der Waals surface area contributed by atoms with Gasteiger partial charge in [-0.25, -0.2) is 9.79 Å². The zero-order valence-corrected chi connectivity index (χ0v) is 24.5. The van der Waals surface area contributed by atoms with E-state index in [1.165, 1.54) is 23.5 Å². The molecule has 11 heteroatoms. The first-order chi connectivity index (χ1) is 19.7. The molecule has 0 saturated carbocycles. The summed E-state index contributed by atoms with van der Waals surface area (Å²) in [5, 5.41) is 10.9. The Morgan fingerprint density at radius 2 is 1.88 bits per heavy atom. The molecule has 0 spiro atoms. The Morgan fingerprint density at radius 3 is 2.56 bits per heavy atom. The number of nitro groups is 1. The monoisotopic (exact) mass is 633 g/mol. The minimum atomic E-state index is -0.683. The van der Waals surface area contributed by atoms with E-state index < -0.39 is 16.9 Å². The van der Waals surface area contributed by atoms with Gasteiger partial charge in [-0.3, -0.25) is 19.5 Å². The molecule has 1 aliphatic rings. The quantitative estimate of drug-likeness (QED) is 0.152. The topological polar surface area (TPSA) is 113 Å². The number of esters is 1. The molecule has 0 aliphatic carbocycles. The summed E-state index contributed by atoms with van der Waals surface area (Å²) >= 11 is 4.69. The van der Waals surface area contributed by atoms with Crippen molar-refractivity contribution in [2.75, 3.05) is 6.61 Å². The normalized spacial score (nSPS) is 14.8. The Balaban J connectivity index is 1.49. The zero-order chi connectivity index (χ0) is 29.1. The molecule has 0 N–H and O–H groups in total. The maximum absolute atomic E-state index is 13.8. The summed E-state index contributed by atoms with van der Waals surface area (Å²) in [6.45, 7) is 3.92. The van der Waals surface area contributed by atoms with Crippen LogP contribution in [0.15, 0.2) is 98.3 Å². The minimum absolute atomic E-state index is 0.0177. The number of aromatic nitrogens is 1. The van der Waals surface area contributed by atoms with Crippen LogP contribution < -0.4 is 19.6 Å². The number of carbonyl (C=O) groups excluding carboxylic acids is 1. The summed E-state index contributed by atoms with van der Waals surface area (Å²) in [6.07, 6.45) is 1.77. The van der Waals surface area contributed by atoms with Gasteiger partial charge in [0.25, 0.3) is 11.2 Å². The number of ether oxygens (including phenoxy) is 2. The van der Waals surface area contributed by atoms with Gasteiger partial charge in [0.05, 0.1) is 33.4 Å². The fraction of sp³-hybridized carbons (Fsp3) is 0.167. The molecule has 4 aromatic rings. The number of nitrogens with zero attached hydrogens (tertiary/aromatic N) is 3. The molecule has 1 aromatic heterocycles. The highest BCUT2D eigenvalue weighted by Gasteiger charge is 2.33. The van der Waals surface area contributed by atoms with Crippen LogP contribution in [0, 0.1) is 10.1 Å². The number of allylic oxidation sites excluding steroid dienone is 1. The average Bonchev–Trinajstić information content (AvgIpc) is 3.26. The molecule has 5 rings (SSSR count). The lowest BCUT2D eigenvalue weighted by molar-refractivity contribution is -0.384. The third-order valence-electron chi connectivity index (χ3n) is 6.41. The van der Waals surface area contributed by atoms with Crippen LogP contribution in [0.4, 0.5) is 5.69 Å². The van der Waals surface area contributed by atoms with E-state index in [1.807, 2.05) is 42.5 Å². The number of benzene rings is 3. The first-order valence-corrected chi connectivity index (χ1v) is 14.3. The van der Waals surface area contributed by atoms with Gasteiger partial charge in [0.2, 0.25) is 0 Å². The number of non-ortho nitro benzene ring substituents is 1. The number of rotatable bonds is 8. The van der Waals surface area contributed by atoms with Gasteiger partial charge >= 0.3 is 5.97 Å². The summed E-state index contributed by atoms with van der Waals surface area (Å²) in [7, 11) is 0. The van der Waals surface area contributed by atoms with Crippen LogP contribution in [0.1, 0.15) is 36.6 Å². The molecule has 208 valence electrons. The Morgan fingerprint density at radius 1 is 1.15 bits per heavy atom. The second kappa shape index (κ2) is 12.0. The first-order valence-electron chi connectivity index (χ1n) is 12.7. The lowest BCUT2D eigenvalue weighted by Gasteiger charge is -2.24. The van der Waals surface area contributed by atoms with E-state index in [-0.39, 0.29) is 24.5 Å². The largest absolute Gasteiger partial charge is 0.489 e. The molecule has 0 unspecified atom stereocenters. The summed E-state index contributed by atoms with van der Waals surface area (Å²) in [5.74, 6) is 0.0758. The number of hydrogen-bond donors (Lipinski definition) is 0. The van der Waals surface area contributed by atoms with Crippen LogP contribution in [0.5, 0.6) is 5.75 Å². The number of fused-ring (bicyclic) bond motifs is 1. The molecular formula is C30H24BrN3O6S. The molecule has 2 heterocycles. The van der Waals surface area contributed by atoms with Crippen molar-refractivity contribution in [3.05, 3.63) is 135 Å². The molecule has 9 nitrogen and oxygen atoms in total. The second-order valence-electron chi connectivity index (χ2n) is 9.14. The van der Waals surface area contributed by atoms with Gasteiger partial charge in [0.1, 0.15) is 12.4 Å². The lowest BCUT2D eigenvalue weighted by atomic mass is 9.96. The maximum Gasteiger partial charge on any atom is 0.338 e. The van der Waals surface area contributed by atoms with Gasteiger partial charge in [-0.05, 0) is 73.0 Å². The predicted molar refractivity (Wildman–Crippen MR) is 158 cm³/mol. The van der Waals surface area contributed by atoms with Crippen LogP contribution in [-0.4, -0.2) is 22.1 Å². The molecular weight excluding hydrogens is 610 g/mol. The number of thiazole rings is 1. The lowest BCUT2D eigenvalue weighted by Crippen LogP contribution is -2.39. The summed E-state index contributed by atoms with van der Waals surface area (Å²) < 4.78 is 14.1. The number of hydrogen-bond acceptors (Lipinski definition) is 8. The predicted octanol–water partition coefficient (Wildman–Crippen LogP) is 5.05. The zero-order valence-electron chi connectivity index (χ0n) is 22.1. The van der Waals surface area contributed by atoms with Crippen molar-refractivity contribution in [3.63, 3.8) is 0 Å². The van der Waals surface area contributed by atoms with Crippen LogP contribution in [0.25, 0.3) is 6.08 Å². The third kappa shape index (κ3) is 6.06. The molecule has 0 fully saturated rings. The molecule has 0 amide bonds. The van der Waals surface area contributed by atoms with Gasteiger partial charge in [-0.15, -0.1) is 0 Å². The highest BCUT2D eigenvalue weighted by Crippen LogP contribution is 2.31.